The number of aromatic amines is 1. The molecule has 2 rings (SSSR count). The van der Waals surface area contributed by atoms with E-state index in [9.17, 15) is 9.59 Å². The molecule has 2 aromatic rings. The molecular weight excluding hydrogens is 352 g/mol. The van der Waals surface area contributed by atoms with Crippen molar-refractivity contribution in [1.29, 1.82) is 0 Å². The molecule has 6 heteroatoms. The average molecular weight is 379 g/mol. The highest BCUT2D eigenvalue weighted by atomic mass is 32.1. The molecule has 0 radical (unpaired) electrons. The molecule has 4 nitrogen and oxygen atoms in total. The number of hydrogen-bond donors (Lipinski definition) is 3. The van der Waals surface area contributed by atoms with Gasteiger partial charge in [0.25, 0.3) is 0 Å². The molecule has 0 aliphatic carbocycles. The van der Waals surface area contributed by atoms with Crippen LogP contribution in [0.1, 0.15) is 47.4 Å². The minimum atomic E-state index is -1.24. The van der Waals surface area contributed by atoms with Gasteiger partial charge in [-0.15, -0.1) is 25.3 Å². The van der Waals surface area contributed by atoms with Crippen molar-refractivity contribution in [2.45, 2.75) is 47.0 Å². The summed E-state index contributed by atoms with van der Waals surface area (Å²) in [7, 11) is 0. The fourth-order valence-electron chi connectivity index (χ4n) is 3.82. The molecule has 0 bridgehead atoms. The van der Waals surface area contributed by atoms with Crippen molar-refractivity contribution in [1.82, 2.24) is 9.97 Å². The van der Waals surface area contributed by atoms with Crippen molar-refractivity contribution in [3.8, 4) is 0 Å². The van der Waals surface area contributed by atoms with Gasteiger partial charge in [-0.25, -0.2) is 4.98 Å². The third-order valence-corrected chi connectivity index (χ3v) is 5.44. The van der Waals surface area contributed by atoms with E-state index in [4.69, 9.17) is 0 Å². The molecule has 0 amide bonds. The number of thiol groups is 2. The second-order valence-electron chi connectivity index (χ2n) is 8.60. The van der Waals surface area contributed by atoms with Crippen molar-refractivity contribution >= 4 is 46.5 Å². The summed E-state index contributed by atoms with van der Waals surface area (Å²) in [6.45, 7) is 11.6. The molecule has 1 aromatic carbocycles. The molecule has 0 fully saturated rings. The lowest BCUT2D eigenvalue weighted by Gasteiger charge is -2.49. The van der Waals surface area contributed by atoms with Gasteiger partial charge in [0.2, 0.25) is 5.12 Å². The lowest BCUT2D eigenvalue weighted by Crippen LogP contribution is -2.57. The molecule has 0 saturated carbocycles. The first kappa shape index (κ1) is 20.0. The maximum atomic E-state index is 13.0. The predicted molar refractivity (Wildman–Crippen MR) is 108 cm³/mol. The molecule has 0 aliphatic rings. The molecule has 25 heavy (non-hydrogen) atoms. The number of H-pyrrole nitrogens is 1. The minimum absolute atomic E-state index is 0.342. The Morgan fingerprint density at radius 3 is 2.00 bits per heavy atom. The monoisotopic (exact) mass is 378 g/mol. The summed E-state index contributed by atoms with van der Waals surface area (Å²) in [5, 5.41) is -0.730. The van der Waals surface area contributed by atoms with E-state index < -0.39 is 22.2 Å². The molecule has 1 N–H and O–H groups in total. The molecule has 2 unspecified atom stereocenters. The third kappa shape index (κ3) is 3.26. The van der Waals surface area contributed by atoms with Gasteiger partial charge in [-0.1, -0.05) is 53.7 Å². The number of benzene rings is 1. The number of aromatic nitrogens is 2. The van der Waals surface area contributed by atoms with Gasteiger partial charge in [0, 0.05) is 0 Å². The largest absolute Gasteiger partial charge is 0.341 e. The van der Waals surface area contributed by atoms with E-state index in [2.05, 4.69) is 35.2 Å². The normalized spacial score (nSPS) is 16.5. The van der Waals surface area contributed by atoms with Gasteiger partial charge in [0.15, 0.2) is 5.12 Å². The Kier molecular flexibility index (Phi) is 5.19. The topological polar surface area (TPSA) is 62.8 Å². The van der Waals surface area contributed by atoms with Gasteiger partial charge in [-0.3, -0.25) is 9.59 Å². The molecule has 1 aromatic heterocycles. The fraction of sp³-hybridized carbons (Fsp3) is 0.526. The number of imidazole rings is 1. The van der Waals surface area contributed by atoms with E-state index in [1.807, 2.05) is 65.8 Å². The van der Waals surface area contributed by atoms with Crippen LogP contribution in [0, 0.1) is 16.7 Å². The van der Waals surface area contributed by atoms with Crippen LogP contribution in [-0.2, 0) is 15.0 Å². The fourth-order valence-corrected chi connectivity index (χ4v) is 4.97. The van der Waals surface area contributed by atoms with Crippen molar-refractivity contribution in [2.24, 2.45) is 16.7 Å². The molecule has 0 saturated heterocycles. The van der Waals surface area contributed by atoms with Gasteiger partial charge >= 0.3 is 0 Å². The predicted octanol–water partition coefficient (Wildman–Crippen LogP) is 4.42. The number of fused-ring (bicyclic) bond motifs is 1. The quantitative estimate of drug-likeness (QED) is 0.690. The summed E-state index contributed by atoms with van der Waals surface area (Å²) in [6.07, 6.45) is 0. The van der Waals surface area contributed by atoms with Crippen LogP contribution in [-0.4, -0.2) is 20.2 Å². The first-order valence-corrected chi connectivity index (χ1v) is 9.14. The van der Waals surface area contributed by atoms with Crippen LogP contribution in [0.2, 0.25) is 0 Å². The maximum absolute atomic E-state index is 13.0. The number of para-hydroxylation sites is 2. The van der Waals surface area contributed by atoms with Crippen molar-refractivity contribution in [3.05, 3.63) is 30.1 Å². The number of nitrogens with one attached hydrogen (secondary N) is 1. The molecule has 136 valence electrons. The van der Waals surface area contributed by atoms with E-state index in [1.165, 1.54) is 0 Å². The smallest absolute Gasteiger partial charge is 0.200 e. The van der Waals surface area contributed by atoms with Crippen LogP contribution in [0.15, 0.2) is 24.3 Å². The van der Waals surface area contributed by atoms with E-state index in [0.29, 0.717) is 5.82 Å². The number of carbonyl (C=O) groups is 2. The van der Waals surface area contributed by atoms with Gasteiger partial charge in [-0.05, 0) is 23.0 Å². The Hall–Kier alpha value is -1.27. The lowest BCUT2D eigenvalue weighted by atomic mass is 9.54. The number of carbonyl (C=O) groups excluding carboxylic acids is 2. The first-order chi connectivity index (χ1) is 11.3. The second-order valence-corrected chi connectivity index (χ2v) is 9.45. The zero-order valence-electron chi connectivity index (χ0n) is 15.5. The average Bonchev–Trinajstić information content (AvgIpc) is 2.84. The Balaban J connectivity index is 2.93. The van der Waals surface area contributed by atoms with E-state index in [-0.39, 0.29) is 10.2 Å². The summed E-state index contributed by atoms with van der Waals surface area (Å²) in [6, 6.07) is 7.56. The third-order valence-electron chi connectivity index (χ3n) is 4.83. The summed E-state index contributed by atoms with van der Waals surface area (Å²) in [5.74, 6) is -0.238. The first-order valence-electron chi connectivity index (χ1n) is 8.25. The van der Waals surface area contributed by atoms with Crippen LogP contribution in [0.25, 0.3) is 11.0 Å². The van der Waals surface area contributed by atoms with Crippen LogP contribution < -0.4 is 0 Å². The highest BCUT2D eigenvalue weighted by Crippen LogP contribution is 2.54. The van der Waals surface area contributed by atoms with Crippen LogP contribution in [0.3, 0.4) is 0 Å². The van der Waals surface area contributed by atoms with Crippen LogP contribution in [0.4, 0.5) is 0 Å². The molecule has 0 spiro atoms. The second kappa shape index (κ2) is 6.47. The maximum Gasteiger partial charge on any atom is 0.200 e. The lowest BCUT2D eigenvalue weighted by molar-refractivity contribution is -0.135. The zero-order chi connectivity index (χ0) is 19.2. The van der Waals surface area contributed by atoms with Crippen molar-refractivity contribution in [3.63, 3.8) is 0 Å². The van der Waals surface area contributed by atoms with E-state index >= 15 is 0 Å². The Morgan fingerprint density at radius 2 is 1.60 bits per heavy atom. The van der Waals surface area contributed by atoms with Gasteiger partial charge < -0.3 is 4.98 Å². The van der Waals surface area contributed by atoms with E-state index in [0.717, 1.165) is 11.0 Å². The zero-order valence-corrected chi connectivity index (χ0v) is 17.3. The summed E-state index contributed by atoms with van der Waals surface area (Å²) >= 11 is 8.40. The number of rotatable bonds is 4. The van der Waals surface area contributed by atoms with Gasteiger partial charge in [-0.2, -0.15) is 0 Å². The Morgan fingerprint density at radius 1 is 1.04 bits per heavy atom. The van der Waals surface area contributed by atoms with Crippen molar-refractivity contribution < 1.29 is 9.59 Å². The van der Waals surface area contributed by atoms with Crippen molar-refractivity contribution in [2.75, 3.05) is 0 Å². The number of hydrogen-bond acceptors (Lipinski definition) is 3. The molecule has 2 atom stereocenters. The van der Waals surface area contributed by atoms with Gasteiger partial charge in [0.1, 0.15) is 11.2 Å². The van der Waals surface area contributed by atoms with E-state index in [1.54, 1.807) is 0 Å². The highest BCUT2D eigenvalue weighted by molar-refractivity contribution is 7.97. The Bertz CT molecular complexity index is 782. The SMILES string of the molecule is CC(C)(C)C(C(=O)S)C(C(=O)S)(c1nc2ccccc2[nH]1)C(C)(C)C. The Labute approximate surface area is 160 Å². The van der Waals surface area contributed by atoms with Crippen LogP contribution in [0.5, 0.6) is 0 Å². The summed E-state index contributed by atoms with van der Waals surface area (Å²) < 4.78 is 0. The molecule has 0 aliphatic heterocycles. The highest BCUT2D eigenvalue weighted by Gasteiger charge is 2.61. The van der Waals surface area contributed by atoms with Gasteiger partial charge in [0.05, 0.1) is 17.0 Å². The standard InChI is InChI=1S/C19H26N2O2S2/c1-17(2,3)13(14(22)24)19(16(23)25,18(4,5)6)15-20-11-9-7-8-10-12(11)21-15/h7-10,13H,1-6H3,(H,20,21)(H,22,24)(H,23,25). The summed E-state index contributed by atoms with van der Waals surface area (Å²) in [5.41, 5.74) is -0.800. The summed E-state index contributed by atoms with van der Waals surface area (Å²) in [4.78, 5) is 33.6. The van der Waals surface area contributed by atoms with Crippen LogP contribution >= 0.6 is 25.3 Å². The molecular formula is C19H26N2O2S2. The number of nitrogens with zero attached hydrogens (tertiary/aromatic N) is 1. The minimum Gasteiger partial charge on any atom is -0.341 e. The molecule has 1 heterocycles.